The lowest BCUT2D eigenvalue weighted by molar-refractivity contribution is 0.134. The van der Waals surface area contributed by atoms with Gasteiger partial charge in [0.15, 0.2) is 23.2 Å². The average molecular weight is 628 g/mol. The van der Waals surface area contributed by atoms with Crippen molar-refractivity contribution >= 4 is 45.1 Å². The average Bonchev–Trinajstić information content (AvgIpc) is 3.80. The van der Waals surface area contributed by atoms with Gasteiger partial charge in [0.25, 0.3) is 0 Å². The molecular formula is C27H27F2N9O5S. The van der Waals surface area contributed by atoms with E-state index in [1.54, 1.807) is 28.8 Å². The fraction of sp³-hybridized carbons (Fsp3) is 0.370. The summed E-state index contributed by atoms with van der Waals surface area (Å²) < 4.78 is 43.8. The number of anilines is 2. The molecule has 4 aromatic heterocycles. The Balaban J connectivity index is 0.990. The molecule has 230 valence electrons. The maximum Gasteiger partial charge on any atom is 0.407 e. The number of nitrogens with zero attached hydrogens (tertiary/aromatic N) is 8. The van der Waals surface area contributed by atoms with Crippen LogP contribution in [-0.4, -0.2) is 103 Å². The van der Waals surface area contributed by atoms with Crippen LogP contribution in [0.5, 0.6) is 5.75 Å². The van der Waals surface area contributed by atoms with E-state index in [9.17, 15) is 14.0 Å². The summed E-state index contributed by atoms with van der Waals surface area (Å²) in [6.45, 7) is 2.97. The first-order chi connectivity index (χ1) is 21.2. The van der Waals surface area contributed by atoms with E-state index in [4.69, 9.17) is 20.0 Å². The number of alkyl halides is 1. The first-order valence-electron chi connectivity index (χ1n) is 13.9. The van der Waals surface area contributed by atoms with Crippen LogP contribution in [0, 0.1) is 5.82 Å². The summed E-state index contributed by atoms with van der Waals surface area (Å²) in [7, 11) is 0. The van der Waals surface area contributed by atoms with Crippen LogP contribution >= 0.6 is 11.3 Å². The van der Waals surface area contributed by atoms with Crippen molar-refractivity contribution < 1.29 is 27.8 Å². The molecule has 7 rings (SSSR count). The fourth-order valence-corrected chi connectivity index (χ4v) is 6.52. The Bertz CT molecular complexity index is 1900. The molecule has 0 spiro atoms. The van der Waals surface area contributed by atoms with E-state index in [1.165, 1.54) is 16.8 Å². The van der Waals surface area contributed by atoms with Crippen molar-refractivity contribution in [2.75, 3.05) is 56.4 Å². The minimum Gasteiger partial charge on any atom is -0.485 e. The van der Waals surface area contributed by atoms with E-state index in [0.717, 1.165) is 16.2 Å². The molecule has 44 heavy (non-hydrogen) atoms. The number of hydrogen-bond donors (Lipinski definition) is 2. The number of nitrogen functional groups attached to an aromatic ring is 1. The van der Waals surface area contributed by atoms with Crippen molar-refractivity contribution in [2.24, 2.45) is 0 Å². The Morgan fingerprint density at radius 3 is 2.66 bits per heavy atom. The Morgan fingerprint density at radius 1 is 1.14 bits per heavy atom. The number of amides is 1. The quantitative estimate of drug-likeness (QED) is 0.273. The zero-order valence-corrected chi connectivity index (χ0v) is 24.0. The van der Waals surface area contributed by atoms with Crippen LogP contribution in [0.3, 0.4) is 0 Å². The number of thiazole rings is 1. The molecule has 2 atom stereocenters. The number of furan rings is 1. The molecule has 0 bridgehead atoms. The minimum absolute atomic E-state index is 0.103. The molecule has 5 aromatic rings. The van der Waals surface area contributed by atoms with E-state index in [0.29, 0.717) is 72.5 Å². The number of carbonyl (C=O) groups is 1. The summed E-state index contributed by atoms with van der Waals surface area (Å²) >= 11 is 1.03. The topological polar surface area (TPSA) is 160 Å². The van der Waals surface area contributed by atoms with Crippen LogP contribution in [0.1, 0.15) is 0 Å². The maximum atomic E-state index is 15.1. The van der Waals surface area contributed by atoms with Gasteiger partial charge < -0.3 is 29.8 Å². The van der Waals surface area contributed by atoms with Gasteiger partial charge in [-0.2, -0.15) is 9.50 Å². The second-order valence-electron chi connectivity index (χ2n) is 10.6. The summed E-state index contributed by atoms with van der Waals surface area (Å²) in [5, 5.41) is 13.4. The number of carboxylic acid groups (broad SMARTS) is 1. The number of benzene rings is 1. The Morgan fingerprint density at radius 2 is 1.95 bits per heavy atom. The molecule has 2 saturated heterocycles. The number of halogens is 2. The van der Waals surface area contributed by atoms with Crippen molar-refractivity contribution in [3.8, 4) is 17.3 Å². The first-order valence-corrected chi connectivity index (χ1v) is 14.7. The molecule has 17 heteroatoms. The first kappa shape index (κ1) is 28.0. The predicted octanol–water partition coefficient (Wildman–Crippen LogP) is 2.38. The Kier molecular flexibility index (Phi) is 7.04. The highest BCUT2D eigenvalue weighted by molar-refractivity contribution is 7.17. The number of likely N-dealkylation sites (tertiary alicyclic amines) is 1. The van der Waals surface area contributed by atoms with Gasteiger partial charge in [0.1, 0.15) is 22.4 Å². The van der Waals surface area contributed by atoms with Crippen molar-refractivity contribution in [1.29, 1.82) is 0 Å². The summed E-state index contributed by atoms with van der Waals surface area (Å²) in [6.07, 6.45) is -2.17. The molecule has 1 amide bonds. The molecule has 0 aliphatic carbocycles. The summed E-state index contributed by atoms with van der Waals surface area (Å²) in [6, 6.07) is 7.82. The predicted molar refractivity (Wildman–Crippen MR) is 157 cm³/mol. The second-order valence-corrected chi connectivity index (χ2v) is 11.6. The van der Waals surface area contributed by atoms with Gasteiger partial charge in [-0.05, 0) is 24.3 Å². The van der Waals surface area contributed by atoms with Crippen molar-refractivity contribution in [2.45, 2.75) is 18.8 Å². The minimum atomic E-state index is -1.48. The molecule has 0 radical (unpaired) electrons. The number of hydrogen-bond acceptors (Lipinski definition) is 11. The molecule has 3 N–H and O–H groups in total. The lowest BCUT2D eigenvalue weighted by atomic mass is 10.2. The van der Waals surface area contributed by atoms with E-state index < -0.39 is 24.2 Å². The van der Waals surface area contributed by atoms with Gasteiger partial charge in [-0.3, -0.25) is 14.3 Å². The van der Waals surface area contributed by atoms with Crippen molar-refractivity contribution in [1.82, 2.24) is 33.9 Å². The van der Waals surface area contributed by atoms with Gasteiger partial charge in [-0.1, -0.05) is 11.3 Å². The molecule has 0 unspecified atom stereocenters. The summed E-state index contributed by atoms with van der Waals surface area (Å²) in [4.78, 5) is 37.9. The lowest BCUT2D eigenvalue weighted by Crippen LogP contribution is -2.47. The molecule has 2 aliphatic heterocycles. The van der Waals surface area contributed by atoms with Gasteiger partial charge in [0.05, 0.1) is 25.0 Å². The number of aromatic nitrogens is 5. The van der Waals surface area contributed by atoms with Crippen molar-refractivity contribution in [3.63, 3.8) is 0 Å². The van der Waals surface area contributed by atoms with Crippen LogP contribution in [0.4, 0.5) is 25.2 Å². The number of nitrogens with two attached hydrogens (primary N) is 1. The van der Waals surface area contributed by atoms with Crippen LogP contribution in [-0.2, 0) is 6.54 Å². The van der Waals surface area contributed by atoms with Crippen LogP contribution in [0.2, 0.25) is 0 Å². The SMILES string of the molecule is Nc1nc2c(sc(=O)n2CCN2CCN(c3ccc(O[C@@H]4CN(C(=O)O)C[C@H]4F)cc3F)CC2)c2nc(-c3ccco3)nn12. The largest absolute Gasteiger partial charge is 0.485 e. The van der Waals surface area contributed by atoms with E-state index in [2.05, 4.69) is 20.0 Å². The second kappa shape index (κ2) is 11.1. The highest BCUT2D eigenvalue weighted by atomic mass is 32.1. The number of ether oxygens (including phenoxy) is 1. The monoisotopic (exact) mass is 627 g/mol. The smallest absolute Gasteiger partial charge is 0.407 e. The van der Waals surface area contributed by atoms with Gasteiger partial charge in [0, 0.05) is 45.3 Å². The van der Waals surface area contributed by atoms with Crippen LogP contribution in [0.25, 0.3) is 27.6 Å². The van der Waals surface area contributed by atoms with E-state index in [1.807, 2.05) is 4.90 Å². The Labute approximate surface area is 251 Å². The zero-order chi connectivity index (χ0) is 30.5. The lowest BCUT2D eigenvalue weighted by Gasteiger charge is -2.36. The Hall–Kier alpha value is -4.77. The molecule has 6 heterocycles. The highest BCUT2D eigenvalue weighted by Gasteiger charge is 2.37. The van der Waals surface area contributed by atoms with E-state index >= 15 is 4.39 Å². The molecular weight excluding hydrogens is 600 g/mol. The van der Waals surface area contributed by atoms with E-state index in [-0.39, 0.29) is 29.7 Å². The van der Waals surface area contributed by atoms with Gasteiger partial charge >= 0.3 is 11.0 Å². The molecule has 0 saturated carbocycles. The third-order valence-corrected chi connectivity index (χ3v) is 8.85. The van der Waals surface area contributed by atoms with Crippen LogP contribution in [0.15, 0.2) is 45.8 Å². The highest BCUT2D eigenvalue weighted by Crippen LogP contribution is 2.29. The fourth-order valence-electron chi connectivity index (χ4n) is 5.58. The maximum absolute atomic E-state index is 15.1. The third-order valence-electron chi connectivity index (χ3n) is 7.89. The molecule has 2 fully saturated rings. The van der Waals surface area contributed by atoms with Crippen molar-refractivity contribution in [3.05, 3.63) is 52.1 Å². The van der Waals surface area contributed by atoms with Crippen LogP contribution < -0.4 is 20.2 Å². The van der Waals surface area contributed by atoms with Gasteiger partial charge in [0.2, 0.25) is 11.8 Å². The normalized spacial score (nSPS) is 19.4. The summed E-state index contributed by atoms with van der Waals surface area (Å²) in [5.74, 6) is 0.562. The number of fused-ring (bicyclic) bond motifs is 3. The zero-order valence-electron chi connectivity index (χ0n) is 23.2. The summed E-state index contributed by atoms with van der Waals surface area (Å²) in [5.41, 5.74) is 7.45. The molecule has 14 nitrogen and oxygen atoms in total. The third kappa shape index (κ3) is 5.06. The molecule has 1 aromatic carbocycles. The number of piperazine rings is 1. The van der Waals surface area contributed by atoms with Gasteiger partial charge in [-0.15, -0.1) is 5.10 Å². The standard InChI is InChI=1S/C27H27F2N9O5S/c28-16-12-15(43-20-14-36(26(39)40)13-17(20)29)3-4-18(16)35-8-5-34(6-9-35)7-10-37-23-21(44-27(37)41)24-31-22(19-2-1-11-42-19)33-38(24)25(30)32-23/h1-4,11-12,17,20H,5-10,13-14H2,(H2,30,32)(H,39,40)/t17-,20-/m1/s1. The molecule has 2 aliphatic rings. The number of rotatable bonds is 7. The van der Waals surface area contributed by atoms with Gasteiger partial charge in [-0.25, -0.2) is 18.6 Å².